The van der Waals surface area contributed by atoms with Crippen LogP contribution in [0.25, 0.3) is 0 Å². The van der Waals surface area contributed by atoms with E-state index >= 15 is 0 Å². The normalized spacial score (nSPS) is 15.3. The van der Waals surface area contributed by atoms with Crippen LogP contribution in [0.2, 0.25) is 0 Å². The fraction of sp³-hybridized carbons (Fsp3) is 0.292. The van der Waals surface area contributed by atoms with Crippen molar-refractivity contribution >= 4 is 6.29 Å². The third-order valence-electron chi connectivity index (χ3n) is 5.49. The lowest BCUT2D eigenvalue weighted by Gasteiger charge is -2.33. The second kappa shape index (κ2) is 8.36. The van der Waals surface area contributed by atoms with Gasteiger partial charge in [-0.15, -0.1) is 0 Å². The van der Waals surface area contributed by atoms with Gasteiger partial charge >= 0.3 is 0 Å². The predicted octanol–water partition coefficient (Wildman–Crippen LogP) is 4.75. The Hall–Kier alpha value is -2.65. The molecule has 1 aliphatic heterocycles. The second-order valence-corrected chi connectivity index (χ2v) is 7.24. The first-order valence-corrected chi connectivity index (χ1v) is 9.69. The van der Waals surface area contributed by atoms with E-state index in [4.69, 9.17) is 4.42 Å². The average molecular weight is 359 g/mol. The molecule has 3 nitrogen and oxygen atoms in total. The third-order valence-corrected chi connectivity index (χ3v) is 5.49. The summed E-state index contributed by atoms with van der Waals surface area (Å²) in [4.78, 5) is 13.7. The lowest BCUT2D eigenvalue weighted by atomic mass is 9.95. The Bertz CT molecular complexity index is 884. The molecule has 4 rings (SSSR count). The molecule has 0 bridgehead atoms. The van der Waals surface area contributed by atoms with Crippen molar-refractivity contribution in [3.05, 3.63) is 94.9 Å². The number of aldehydes is 1. The summed E-state index contributed by atoms with van der Waals surface area (Å²) in [5.74, 6) is 1.04. The van der Waals surface area contributed by atoms with Crippen LogP contribution >= 0.6 is 0 Å². The summed E-state index contributed by atoms with van der Waals surface area (Å²) in [6.07, 6.45) is 6.34. The van der Waals surface area contributed by atoms with E-state index in [-0.39, 0.29) is 6.04 Å². The van der Waals surface area contributed by atoms with E-state index in [2.05, 4.69) is 65.6 Å². The van der Waals surface area contributed by atoms with Gasteiger partial charge in [0.05, 0.1) is 12.8 Å². The molecule has 0 saturated heterocycles. The van der Waals surface area contributed by atoms with Gasteiger partial charge in [-0.3, -0.25) is 4.90 Å². The Kier molecular flexibility index (Phi) is 5.50. The van der Waals surface area contributed by atoms with E-state index in [9.17, 15) is 4.79 Å². The molecule has 0 aliphatic carbocycles. The highest BCUT2D eigenvalue weighted by atomic mass is 16.3. The predicted molar refractivity (Wildman–Crippen MR) is 107 cm³/mol. The smallest absolute Gasteiger partial charge is 0.121 e. The Morgan fingerprint density at radius 3 is 2.67 bits per heavy atom. The molecule has 1 aliphatic rings. The number of aryl methyl sites for hydroxylation is 2. The first-order valence-electron chi connectivity index (χ1n) is 9.69. The Labute approximate surface area is 160 Å². The molecule has 27 heavy (non-hydrogen) atoms. The summed E-state index contributed by atoms with van der Waals surface area (Å²) in [5, 5.41) is 0. The lowest BCUT2D eigenvalue weighted by molar-refractivity contribution is -0.109. The van der Waals surface area contributed by atoms with Crippen LogP contribution in [-0.2, 0) is 30.6 Å². The van der Waals surface area contributed by atoms with E-state index < -0.39 is 0 Å². The van der Waals surface area contributed by atoms with Crippen molar-refractivity contribution < 1.29 is 9.21 Å². The summed E-state index contributed by atoms with van der Waals surface area (Å²) in [5.41, 5.74) is 5.20. The van der Waals surface area contributed by atoms with Crippen molar-refractivity contribution in [2.24, 2.45) is 0 Å². The van der Waals surface area contributed by atoms with Gasteiger partial charge in [-0.2, -0.15) is 0 Å². The molecule has 0 N–H and O–H groups in total. The highest BCUT2D eigenvalue weighted by molar-refractivity contribution is 5.51. The molecular formula is C24H25NO2. The first kappa shape index (κ1) is 17.7. The van der Waals surface area contributed by atoms with Crippen LogP contribution in [0.3, 0.4) is 0 Å². The highest BCUT2D eigenvalue weighted by Crippen LogP contribution is 2.30. The molecule has 1 unspecified atom stereocenters. The minimum absolute atomic E-state index is 0.109. The van der Waals surface area contributed by atoms with E-state index in [1.807, 2.05) is 0 Å². The Morgan fingerprint density at radius 1 is 1.00 bits per heavy atom. The molecule has 138 valence electrons. The Balaban J connectivity index is 1.50. The van der Waals surface area contributed by atoms with Crippen molar-refractivity contribution in [3.8, 4) is 0 Å². The SMILES string of the molecule is O=CCC(c1cccc(CCc2ccccc2)c1)N1CCc2ccoc2C1. The molecule has 0 radical (unpaired) electrons. The van der Waals surface area contributed by atoms with Gasteiger partial charge in [-0.05, 0) is 47.6 Å². The van der Waals surface area contributed by atoms with E-state index in [0.29, 0.717) is 6.42 Å². The van der Waals surface area contributed by atoms with Crippen molar-refractivity contribution in [3.63, 3.8) is 0 Å². The maximum atomic E-state index is 11.4. The molecule has 2 heterocycles. The van der Waals surface area contributed by atoms with Gasteiger partial charge in [0.15, 0.2) is 0 Å². The fourth-order valence-electron chi connectivity index (χ4n) is 4.00. The van der Waals surface area contributed by atoms with Crippen LogP contribution in [0.1, 0.15) is 40.5 Å². The van der Waals surface area contributed by atoms with Crippen molar-refractivity contribution in [1.82, 2.24) is 4.90 Å². The van der Waals surface area contributed by atoms with Gasteiger partial charge in [0.25, 0.3) is 0 Å². The monoisotopic (exact) mass is 359 g/mol. The second-order valence-electron chi connectivity index (χ2n) is 7.24. The zero-order valence-electron chi connectivity index (χ0n) is 15.5. The molecule has 0 spiro atoms. The molecule has 0 amide bonds. The summed E-state index contributed by atoms with van der Waals surface area (Å²) < 4.78 is 5.63. The van der Waals surface area contributed by atoms with Crippen molar-refractivity contribution in [2.75, 3.05) is 6.54 Å². The lowest BCUT2D eigenvalue weighted by Crippen LogP contribution is -2.34. The molecular weight excluding hydrogens is 334 g/mol. The quantitative estimate of drug-likeness (QED) is 0.571. The van der Waals surface area contributed by atoms with E-state index in [0.717, 1.165) is 44.4 Å². The molecule has 1 atom stereocenters. The maximum Gasteiger partial charge on any atom is 0.121 e. The van der Waals surface area contributed by atoms with Gasteiger partial charge in [0.2, 0.25) is 0 Å². The number of hydrogen-bond acceptors (Lipinski definition) is 3. The van der Waals surface area contributed by atoms with E-state index in [1.54, 1.807) is 6.26 Å². The van der Waals surface area contributed by atoms with Crippen molar-refractivity contribution in [2.45, 2.75) is 38.3 Å². The van der Waals surface area contributed by atoms with Crippen LogP contribution in [-0.4, -0.2) is 17.7 Å². The number of rotatable bonds is 7. The minimum atomic E-state index is 0.109. The summed E-state index contributed by atoms with van der Waals surface area (Å²) >= 11 is 0. The molecule has 2 aromatic carbocycles. The van der Waals surface area contributed by atoms with Crippen LogP contribution < -0.4 is 0 Å². The molecule has 3 heteroatoms. The van der Waals surface area contributed by atoms with Gasteiger partial charge in [0, 0.05) is 19.0 Å². The number of carbonyl (C=O) groups excluding carboxylic acids is 1. The van der Waals surface area contributed by atoms with Crippen LogP contribution in [0, 0.1) is 0 Å². The molecule has 3 aromatic rings. The van der Waals surface area contributed by atoms with Gasteiger partial charge in [0.1, 0.15) is 12.0 Å². The zero-order chi connectivity index (χ0) is 18.5. The summed E-state index contributed by atoms with van der Waals surface area (Å²) in [6, 6.07) is 21.5. The average Bonchev–Trinajstić information content (AvgIpc) is 3.19. The van der Waals surface area contributed by atoms with Crippen LogP contribution in [0.5, 0.6) is 0 Å². The minimum Gasteiger partial charge on any atom is -0.468 e. The molecule has 0 fully saturated rings. The van der Waals surface area contributed by atoms with E-state index in [1.165, 1.54) is 22.3 Å². The number of benzene rings is 2. The maximum absolute atomic E-state index is 11.4. The van der Waals surface area contributed by atoms with Crippen LogP contribution in [0.4, 0.5) is 0 Å². The standard InChI is InChI=1S/C24H25NO2/c26-15-12-23(25-14-11-21-13-16-27-24(21)18-25)22-8-4-7-20(17-22)10-9-19-5-2-1-3-6-19/h1-8,13,15-17,23H,9-12,14,18H2. The van der Waals surface area contributed by atoms with Crippen LogP contribution in [0.15, 0.2) is 71.3 Å². The Morgan fingerprint density at radius 2 is 1.81 bits per heavy atom. The highest BCUT2D eigenvalue weighted by Gasteiger charge is 2.26. The van der Waals surface area contributed by atoms with Gasteiger partial charge in [-0.25, -0.2) is 0 Å². The molecule has 1 aromatic heterocycles. The number of carbonyl (C=O) groups is 1. The fourth-order valence-corrected chi connectivity index (χ4v) is 4.00. The first-order chi connectivity index (χ1) is 13.3. The molecule has 0 saturated carbocycles. The van der Waals surface area contributed by atoms with Gasteiger partial charge < -0.3 is 9.21 Å². The largest absolute Gasteiger partial charge is 0.468 e. The zero-order valence-corrected chi connectivity index (χ0v) is 15.5. The van der Waals surface area contributed by atoms with Crippen molar-refractivity contribution in [1.29, 1.82) is 0 Å². The number of hydrogen-bond donors (Lipinski definition) is 0. The topological polar surface area (TPSA) is 33.5 Å². The number of fused-ring (bicyclic) bond motifs is 1. The third kappa shape index (κ3) is 4.20. The van der Waals surface area contributed by atoms with Gasteiger partial charge in [-0.1, -0.05) is 54.6 Å². The summed E-state index contributed by atoms with van der Waals surface area (Å²) in [7, 11) is 0. The number of nitrogens with zero attached hydrogens (tertiary/aromatic N) is 1. The summed E-state index contributed by atoms with van der Waals surface area (Å²) in [6.45, 7) is 1.73. The number of furan rings is 1.